The Kier molecular flexibility index (Phi) is 2.23. The van der Waals surface area contributed by atoms with Gasteiger partial charge in [-0.05, 0) is 19.8 Å². The maximum Gasteiger partial charge on any atom is 0.0830 e. The lowest BCUT2D eigenvalue weighted by atomic mass is 10.2. The molecule has 3 heteroatoms. The Balaban J connectivity index is 0.000000500. The first-order chi connectivity index (χ1) is 4.29. The van der Waals surface area contributed by atoms with Gasteiger partial charge in [0.05, 0.1) is 11.7 Å². The third kappa shape index (κ3) is 1.62. The SMILES string of the molecule is CC1(OC2CNC2)CC1.Cl. The summed E-state index contributed by atoms with van der Waals surface area (Å²) in [6.45, 7) is 4.33. The monoisotopic (exact) mass is 163 g/mol. The molecule has 0 amide bonds. The predicted molar refractivity (Wildman–Crippen MR) is 42.6 cm³/mol. The molecule has 0 spiro atoms. The van der Waals surface area contributed by atoms with Gasteiger partial charge < -0.3 is 10.1 Å². The summed E-state index contributed by atoms with van der Waals surface area (Å²) >= 11 is 0. The molecule has 60 valence electrons. The molecule has 1 N–H and O–H groups in total. The van der Waals surface area contributed by atoms with Crippen LogP contribution in [-0.4, -0.2) is 24.8 Å². The van der Waals surface area contributed by atoms with E-state index in [1.165, 1.54) is 12.8 Å². The number of hydrogen-bond donors (Lipinski definition) is 1. The Labute approximate surface area is 67.7 Å². The van der Waals surface area contributed by atoms with E-state index in [2.05, 4.69) is 12.2 Å². The van der Waals surface area contributed by atoms with Crippen molar-refractivity contribution in [1.29, 1.82) is 0 Å². The summed E-state index contributed by atoms with van der Waals surface area (Å²) in [6, 6.07) is 0. The van der Waals surface area contributed by atoms with Gasteiger partial charge in [-0.2, -0.15) is 0 Å². The van der Waals surface area contributed by atoms with Gasteiger partial charge in [0.2, 0.25) is 0 Å². The Bertz CT molecular complexity index is 121. The molecule has 0 radical (unpaired) electrons. The molecule has 2 aliphatic rings. The van der Waals surface area contributed by atoms with Crippen LogP contribution in [0.2, 0.25) is 0 Å². The summed E-state index contributed by atoms with van der Waals surface area (Å²) in [7, 11) is 0. The highest BCUT2D eigenvalue weighted by molar-refractivity contribution is 5.85. The molecule has 0 aromatic carbocycles. The summed E-state index contributed by atoms with van der Waals surface area (Å²) in [5.41, 5.74) is 0.284. The average molecular weight is 164 g/mol. The first-order valence-corrected chi connectivity index (χ1v) is 3.67. The molecule has 0 bridgehead atoms. The van der Waals surface area contributed by atoms with Gasteiger partial charge in [-0.1, -0.05) is 0 Å². The van der Waals surface area contributed by atoms with Crippen molar-refractivity contribution in [1.82, 2.24) is 5.32 Å². The normalized spacial score (nSPS) is 28.5. The van der Waals surface area contributed by atoms with Gasteiger partial charge in [-0.3, -0.25) is 0 Å². The molecule has 1 saturated heterocycles. The summed E-state index contributed by atoms with van der Waals surface area (Å²) in [5.74, 6) is 0. The fourth-order valence-electron chi connectivity index (χ4n) is 1.04. The second kappa shape index (κ2) is 2.68. The molecular weight excluding hydrogens is 150 g/mol. The van der Waals surface area contributed by atoms with E-state index >= 15 is 0 Å². The number of nitrogens with one attached hydrogen (secondary N) is 1. The van der Waals surface area contributed by atoms with Gasteiger partial charge in [-0.25, -0.2) is 0 Å². The highest BCUT2D eigenvalue weighted by atomic mass is 35.5. The molecular formula is C7H14ClNO. The molecule has 10 heavy (non-hydrogen) atoms. The van der Waals surface area contributed by atoms with Crippen LogP contribution in [0.15, 0.2) is 0 Å². The number of rotatable bonds is 2. The minimum absolute atomic E-state index is 0. The molecule has 1 heterocycles. The lowest BCUT2D eigenvalue weighted by Gasteiger charge is -2.30. The topological polar surface area (TPSA) is 21.3 Å². The standard InChI is InChI=1S/C7H13NO.ClH/c1-7(2-3-7)9-6-4-8-5-6;/h6,8H,2-5H2,1H3;1H. The van der Waals surface area contributed by atoms with E-state index in [0.29, 0.717) is 6.10 Å². The van der Waals surface area contributed by atoms with Crippen molar-refractivity contribution in [3.8, 4) is 0 Å². The van der Waals surface area contributed by atoms with E-state index in [-0.39, 0.29) is 18.0 Å². The molecule has 1 aliphatic carbocycles. The number of hydrogen-bond acceptors (Lipinski definition) is 2. The van der Waals surface area contributed by atoms with E-state index < -0.39 is 0 Å². The molecule has 2 nitrogen and oxygen atoms in total. The first kappa shape index (κ1) is 8.31. The summed E-state index contributed by atoms with van der Waals surface area (Å²) in [4.78, 5) is 0. The average Bonchev–Trinajstić information content (AvgIpc) is 2.39. The zero-order valence-corrected chi connectivity index (χ0v) is 7.04. The van der Waals surface area contributed by atoms with Crippen molar-refractivity contribution in [3.63, 3.8) is 0 Å². The Morgan fingerprint density at radius 3 is 2.30 bits per heavy atom. The number of halogens is 1. The van der Waals surface area contributed by atoms with Crippen molar-refractivity contribution in [2.75, 3.05) is 13.1 Å². The highest BCUT2D eigenvalue weighted by Crippen LogP contribution is 2.39. The predicted octanol–water partition coefficient (Wildman–Crippen LogP) is 0.949. The molecule has 0 atom stereocenters. The molecule has 0 aromatic heterocycles. The van der Waals surface area contributed by atoms with Crippen LogP contribution < -0.4 is 5.32 Å². The van der Waals surface area contributed by atoms with Gasteiger partial charge in [0.1, 0.15) is 0 Å². The summed E-state index contributed by atoms with van der Waals surface area (Å²) < 4.78 is 5.72. The molecule has 2 rings (SSSR count). The van der Waals surface area contributed by atoms with Crippen LogP contribution in [0.1, 0.15) is 19.8 Å². The molecule has 0 unspecified atom stereocenters. The second-order valence-corrected chi connectivity index (χ2v) is 3.35. The summed E-state index contributed by atoms with van der Waals surface area (Å²) in [6.07, 6.45) is 3.06. The van der Waals surface area contributed by atoms with E-state index in [9.17, 15) is 0 Å². The lowest BCUT2D eigenvalue weighted by Crippen LogP contribution is -2.50. The van der Waals surface area contributed by atoms with Gasteiger partial charge in [0, 0.05) is 13.1 Å². The van der Waals surface area contributed by atoms with Crippen LogP contribution in [0.3, 0.4) is 0 Å². The highest BCUT2D eigenvalue weighted by Gasteiger charge is 2.41. The minimum atomic E-state index is 0. The van der Waals surface area contributed by atoms with Crippen molar-refractivity contribution >= 4 is 12.4 Å². The van der Waals surface area contributed by atoms with Crippen molar-refractivity contribution in [2.45, 2.75) is 31.5 Å². The molecule has 0 aromatic rings. The molecule has 1 saturated carbocycles. The van der Waals surface area contributed by atoms with E-state index in [4.69, 9.17) is 4.74 Å². The maximum absolute atomic E-state index is 5.72. The van der Waals surface area contributed by atoms with Crippen molar-refractivity contribution in [2.24, 2.45) is 0 Å². The summed E-state index contributed by atoms with van der Waals surface area (Å²) in [5, 5.41) is 3.19. The van der Waals surface area contributed by atoms with Crippen molar-refractivity contribution < 1.29 is 4.74 Å². The zero-order chi connectivity index (χ0) is 6.32. The quantitative estimate of drug-likeness (QED) is 0.655. The largest absolute Gasteiger partial charge is 0.369 e. The third-order valence-electron chi connectivity index (χ3n) is 2.15. The van der Waals surface area contributed by atoms with E-state index in [1.807, 2.05) is 0 Å². The van der Waals surface area contributed by atoms with Crippen LogP contribution in [0, 0.1) is 0 Å². The van der Waals surface area contributed by atoms with Gasteiger partial charge >= 0.3 is 0 Å². The third-order valence-corrected chi connectivity index (χ3v) is 2.15. The molecule has 2 fully saturated rings. The minimum Gasteiger partial charge on any atom is -0.369 e. The Morgan fingerprint density at radius 1 is 1.40 bits per heavy atom. The van der Waals surface area contributed by atoms with Gasteiger partial charge in [-0.15, -0.1) is 12.4 Å². The lowest BCUT2D eigenvalue weighted by molar-refractivity contribution is -0.0440. The van der Waals surface area contributed by atoms with Gasteiger partial charge in [0.15, 0.2) is 0 Å². The smallest absolute Gasteiger partial charge is 0.0830 e. The van der Waals surface area contributed by atoms with Crippen LogP contribution in [0.5, 0.6) is 0 Å². The fourth-order valence-corrected chi connectivity index (χ4v) is 1.04. The first-order valence-electron chi connectivity index (χ1n) is 3.67. The van der Waals surface area contributed by atoms with Crippen molar-refractivity contribution in [3.05, 3.63) is 0 Å². The maximum atomic E-state index is 5.72. The fraction of sp³-hybridized carbons (Fsp3) is 1.00. The van der Waals surface area contributed by atoms with Crippen LogP contribution in [-0.2, 0) is 4.74 Å². The van der Waals surface area contributed by atoms with Crippen LogP contribution in [0.4, 0.5) is 0 Å². The van der Waals surface area contributed by atoms with E-state index in [0.717, 1.165) is 13.1 Å². The van der Waals surface area contributed by atoms with Crippen LogP contribution in [0.25, 0.3) is 0 Å². The number of ether oxygens (including phenoxy) is 1. The van der Waals surface area contributed by atoms with Gasteiger partial charge in [0.25, 0.3) is 0 Å². The van der Waals surface area contributed by atoms with Crippen LogP contribution >= 0.6 is 12.4 Å². The zero-order valence-electron chi connectivity index (χ0n) is 6.22. The Morgan fingerprint density at radius 2 is 2.00 bits per heavy atom. The Hall–Kier alpha value is 0.210. The van der Waals surface area contributed by atoms with E-state index in [1.54, 1.807) is 0 Å². The molecule has 1 aliphatic heterocycles. The second-order valence-electron chi connectivity index (χ2n) is 3.35.